The van der Waals surface area contributed by atoms with Crippen molar-refractivity contribution in [3.05, 3.63) is 41.5 Å². The van der Waals surface area contributed by atoms with E-state index < -0.39 is 0 Å². The molecule has 0 fully saturated rings. The first-order valence-electron chi connectivity index (χ1n) is 5.06. The van der Waals surface area contributed by atoms with E-state index in [1.165, 1.54) is 0 Å². The first-order valence-corrected chi connectivity index (χ1v) is 5.06. The van der Waals surface area contributed by atoms with Crippen LogP contribution in [-0.4, -0.2) is 5.78 Å². The molecule has 0 aliphatic heterocycles. The van der Waals surface area contributed by atoms with Crippen LogP contribution in [0.3, 0.4) is 0 Å². The van der Waals surface area contributed by atoms with Crippen LogP contribution in [0, 0.1) is 0 Å². The number of hydrogen-bond acceptors (Lipinski definition) is 1. The van der Waals surface area contributed by atoms with Gasteiger partial charge in [0.2, 0.25) is 0 Å². The first kappa shape index (κ1) is 10.7. The van der Waals surface area contributed by atoms with Crippen molar-refractivity contribution in [2.75, 3.05) is 0 Å². The zero-order valence-corrected chi connectivity index (χ0v) is 8.79. The van der Waals surface area contributed by atoms with Crippen LogP contribution in [-0.2, 0) is 4.79 Å². The Morgan fingerprint density at radius 2 is 1.79 bits per heavy atom. The zero-order valence-electron chi connectivity index (χ0n) is 8.79. The van der Waals surface area contributed by atoms with Gasteiger partial charge in [-0.3, -0.25) is 4.79 Å². The molecule has 0 aliphatic rings. The number of benzene rings is 1. The van der Waals surface area contributed by atoms with Gasteiger partial charge in [-0.25, -0.2) is 0 Å². The molecule has 0 saturated heterocycles. The Balaban J connectivity index is 2.89. The van der Waals surface area contributed by atoms with Crippen LogP contribution < -0.4 is 0 Å². The summed E-state index contributed by atoms with van der Waals surface area (Å²) in [6.45, 7) is 3.92. The predicted octanol–water partition coefficient (Wildman–Crippen LogP) is 3.46. The van der Waals surface area contributed by atoms with Gasteiger partial charge in [-0.2, -0.15) is 0 Å². The number of carbonyl (C=O) groups is 1. The molecule has 0 atom stereocenters. The van der Waals surface area contributed by atoms with Crippen LogP contribution >= 0.6 is 0 Å². The fourth-order valence-corrected chi connectivity index (χ4v) is 1.36. The highest BCUT2D eigenvalue weighted by Crippen LogP contribution is 2.11. The van der Waals surface area contributed by atoms with E-state index in [9.17, 15) is 4.79 Å². The van der Waals surface area contributed by atoms with Gasteiger partial charge in [-0.1, -0.05) is 44.2 Å². The maximum absolute atomic E-state index is 11.5. The summed E-state index contributed by atoms with van der Waals surface area (Å²) in [4.78, 5) is 11.5. The van der Waals surface area contributed by atoms with Crippen molar-refractivity contribution in [2.45, 2.75) is 26.7 Å². The van der Waals surface area contributed by atoms with Crippen molar-refractivity contribution in [1.82, 2.24) is 0 Å². The van der Waals surface area contributed by atoms with Gasteiger partial charge in [-0.05, 0) is 23.6 Å². The molecule has 0 saturated carbocycles. The van der Waals surface area contributed by atoms with Gasteiger partial charge in [0.15, 0.2) is 5.78 Å². The number of hydrogen-bond donors (Lipinski definition) is 0. The van der Waals surface area contributed by atoms with E-state index in [4.69, 9.17) is 0 Å². The lowest BCUT2D eigenvalue weighted by Gasteiger charge is -2.01. The molecule has 1 heteroatoms. The normalized spacial score (nSPS) is 11.4. The van der Waals surface area contributed by atoms with Crippen molar-refractivity contribution in [2.24, 2.45) is 0 Å². The van der Waals surface area contributed by atoms with Crippen LogP contribution in [0.4, 0.5) is 0 Å². The second-order valence-corrected chi connectivity index (χ2v) is 3.21. The molecule has 1 aromatic rings. The number of Topliss-reactive ketones (excluding diaryl/α,β-unsaturated/α-hetero) is 1. The van der Waals surface area contributed by atoms with Crippen LogP contribution in [0.2, 0.25) is 0 Å². The highest BCUT2D eigenvalue weighted by atomic mass is 16.1. The standard InChI is InChI=1S/C13H16O/c1-3-12(13(14)4-2)10-11-8-6-5-7-9-11/h5-10H,3-4H2,1-2H3/b12-10+. The van der Waals surface area contributed by atoms with Gasteiger partial charge in [0.05, 0.1) is 0 Å². The Labute approximate surface area is 85.5 Å². The molecule has 0 spiro atoms. The lowest BCUT2D eigenvalue weighted by molar-refractivity contribution is -0.115. The van der Waals surface area contributed by atoms with Gasteiger partial charge in [0.1, 0.15) is 0 Å². The lowest BCUT2D eigenvalue weighted by Crippen LogP contribution is -1.98. The monoisotopic (exact) mass is 188 g/mol. The maximum atomic E-state index is 11.5. The SMILES string of the molecule is CCC(=O)/C(=C/c1ccccc1)CC. The Bertz CT molecular complexity index is 322. The molecule has 0 aliphatic carbocycles. The van der Waals surface area contributed by atoms with Gasteiger partial charge >= 0.3 is 0 Å². The molecule has 0 bridgehead atoms. The second kappa shape index (κ2) is 5.38. The van der Waals surface area contributed by atoms with Gasteiger partial charge < -0.3 is 0 Å². The molecule has 1 aromatic carbocycles. The van der Waals surface area contributed by atoms with Crippen molar-refractivity contribution >= 4 is 11.9 Å². The molecule has 74 valence electrons. The van der Waals surface area contributed by atoms with Crippen molar-refractivity contribution in [1.29, 1.82) is 0 Å². The third-order valence-electron chi connectivity index (χ3n) is 2.20. The smallest absolute Gasteiger partial charge is 0.158 e. The topological polar surface area (TPSA) is 17.1 Å². The molecule has 1 nitrogen and oxygen atoms in total. The third kappa shape index (κ3) is 2.84. The lowest BCUT2D eigenvalue weighted by atomic mass is 10.0. The molecule has 1 rings (SSSR count). The van der Waals surface area contributed by atoms with Crippen molar-refractivity contribution in [3.63, 3.8) is 0 Å². The second-order valence-electron chi connectivity index (χ2n) is 3.21. The Morgan fingerprint density at radius 3 is 2.29 bits per heavy atom. The molecule has 0 heterocycles. The minimum Gasteiger partial charge on any atom is -0.295 e. The minimum atomic E-state index is 0.247. The van der Waals surface area contributed by atoms with E-state index in [2.05, 4.69) is 0 Å². The largest absolute Gasteiger partial charge is 0.295 e. The Hall–Kier alpha value is -1.37. The highest BCUT2D eigenvalue weighted by molar-refractivity contribution is 5.99. The Morgan fingerprint density at radius 1 is 1.14 bits per heavy atom. The van der Waals surface area contributed by atoms with Gasteiger partial charge in [0.25, 0.3) is 0 Å². The summed E-state index contributed by atoms with van der Waals surface area (Å²) in [5.74, 6) is 0.247. The molecule has 14 heavy (non-hydrogen) atoms. The van der Waals surface area contributed by atoms with E-state index in [1.807, 2.05) is 50.3 Å². The third-order valence-corrected chi connectivity index (χ3v) is 2.20. The summed E-state index contributed by atoms with van der Waals surface area (Å²) in [5.41, 5.74) is 2.02. The van der Waals surface area contributed by atoms with Crippen LogP contribution in [0.15, 0.2) is 35.9 Å². The van der Waals surface area contributed by atoms with E-state index in [1.54, 1.807) is 0 Å². The molecular formula is C13H16O. The number of rotatable bonds is 4. The zero-order chi connectivity index (χ0) is 10.4. The van der Waals surface area contributed by atoms with Crippen molar-refractivity contribution in [3.8, 4) is 0 Å². The van der Waals surface area contributed by atoms with Gasteiger partial charge in [-0.15, -0.1) is 0 Å². The molecule has 0 unspecified atom stereocenters. The van der Waals surface area contributed by atoms with Crippen molar-refractivity contribution < 1.29 is 4.79 Å². The summed E-state index contributed by atoms with van der Waals surface area (Å²) in [6, 6.07) is 9.97. The van der Waals surface area contributed by atoms with E-state index in [-0.39, 0.29) is 5.78 Å². The molecule has 0 amide bonds. The number of allylic oxidation sites excluding steroid dienone is 1. The van der Waals surface area contributed by atoms with Crippen LogP contribution in [0.5, 0.6) is 0 Å². The van der Waals surface area contributed by atoms with E-state index >= 15 is 0 Å². The fraction of sp³-hybridized carbons (Fsp3) is 0.308. The summed E-state index contributed by atoms with van der Waals surface area (Å²) < 4.78 is 0. The fourth-order valence-electron chi connectivity index (χ4n) is 1.36. The maximum Gasteiger partial charge on any atom is 0.158 e. The molecule has 0 N–H and O–H groups in total. The minimum absolute atomic E-state index is 0.247. The molecule has 0 aromatic heterocycles. The van der Waals surface area contributed by atoms with Crippen LogP contribution in [0.1, 0.15) is 32.3 Å². The summed E-state index contributed by atoms with van der Waals surface area (Å²) >= 11 is 0. The number of ketones is 1. The first-order chi connectivity index (χ1) is 6.77. The van der Waals surface area contributed by atoms with E-state index in [0.717, 1.165) is 17.6 Å². The quantitative estimate of drug-likeness (QED) is 0.661. The summed E-state index contributed by atoms with van der Waals surface area (Å²) in [5, 5.41) is 0. The number of carbonyl (C=O) groups excluding carboxylic acids is 1. The molecular weight excluding hydrogens is 172 g/mol. The Kier molecular flexibility index (Phi) is 4.11. The average Bonchev–Trinajstić information content (AvgIpc) is 2.26. The van der Waals surface area contributed by atoms with Crippen LogP contribution in [0.25, 0.3) is 6.08 Å². The molecule has 0 radical (unpaired) electrons. The predicted molar refractivity (Wildman–Crippen MR) is 60.0 cm³/mol. The van der Waals surface area contributed by atoms with E-state index in [0.29, 0.717) is 6.42 Å². The average molecular weight is 188 g/mol. The van der Waals surface area contributed by atoms with Gasteiger partial charge in [0, 0.05) is 6.42 Å². The summed E-state index contributed by atoms with van der Waals surface area (Å²) in [6.07, 6.45) is 3.37. The summed E-state index contributed by atoms with van der Waals surface area (Å²) in [7, 11) is 0. The highest BCUT2D eigenvalue weighted by Gasteiger charge is 2.03.